The average molecular weight is 358 g/mol. The van der Waals surface area contributed by atoms with Crippen molar-refractivity contribution < 1.29 is 9.53 Å². The summed E-state index contributed by atoms with van der Waals surface area (Å²) in [5.41, 5.74) is 1.98. The quantitative estimate of drug-likeness (QED) is 0.696. The number of amides is 1. The first kappa shape index (κ1) is 16.7. The predicted octanol–water partition coefficient (Wildman–Crippen LogP) is 3.95. The van der Waals surface area contributed by atoms with Crippen molar-refractivity contribution in [2.24, 2.45) is 0 Å². The molecule has 24 heavy (non-hydrogen) atoms. The van der Waals surface area contributed by atoms with Crippen LogP contribution in [0.4, 0.5) is 0 Å². The molecule has 6 heteroatoms. The zero-order valence-electron chi connectivity index (χ0n) is 13.3. The van der Waals surface area contributed by atoms with Crippen molar-refractivity contribution in [3.05, 3.63) is 68.3 Å². The number of nitrogens with one attached hydrogen (secondary N) is 1. The first-order valence-corrected chi connectivity index (χ1v) is 9.37. The molecule has 3 aromatic rings. The molecule has 0 spiro atoms. The number of rotatable bonds is 7. The van der Waals surface area contributed by atoms with Gasteiger partial charge in [-0.15, -0.1) is 22.7 Å². The zero-order chi connectivity index (χ0) is 16.8. The molecule has 0 bridgehead atoms. The molecule has 1 amide bonds. The van der Waals surface area contributed by atoms with Gasteiger partial charge in [0, 0.05) is 10.3 Å². The normalized spacial score (nSPS) is 10.5. The Morgan fingerprint density at radius 2 is 2.04 bits per heavy atom. The lowest BCUT2D eigenvalue weighted by Crippen LogP contribution is -2.24. The van der Waals surface area contributed by atoms with Crippen molar-refractivity contribution in [1.29, 1.82) is 0 Å². The molecule has 1 aromatic carbocycles. The largest absolute Gasteiger partial charge is 0.486 e. The molecule has 0 aliphatic heterocycles. The fraction of sp³-hybridized carbons (Fsp3) is 0.222. The van der Waals surface area contributed by atoms with E-state index in [1.165, 1.54) is 16.9 Å². The molecule has 124 valence electrons. The van der Waals surface area contributed by atoms with Crippen molar-refractivity contribution >= 4 is 28.6 Å². The molecule has 0 unspecified atom stereocenters. The van der Waals surface area contributed by atoms with E-state index >= 15 is 0 Å². The van der Waals surface area contributed by atoms with Gasteiger partial charge in [0.05, 0.1) is 18.7 Å². The number of hydrogen-bond donors (Lipinski definition) is 1. The van der Waals surface area contributed by atoms with Gasteiger partial charge in [-0.3, -0.25) is 4.79 Å². The van der Waals surface area contributed by atoms with Gasteiger partial charge in [0.2, 0.25) is 5.91 Å². The first-order chi connectivity index (χ1) is 11.7. The lowest BCUT2D eigenvalue weighted by Gasteiger charge is -2.04. The van der Waals surface area contributed by atoms with E-state index < -0.39 is 0 Å². The van der Waals surface area contributed by atoms with Crippen molar-refractivity contribution in [1.82, 2.24) is 10.3 Å². The molecule has 0 fully saturated rings. The molecular weight excluding hydrogens is 340 g/mol. The van der Waals surface area contributed by atoms with Crippen molar-refractivity contribution in [2.75, 3.05) is 0 Å². The van der Waals surface area contributed by atoms with Gasteiger partial charge in [0.15, 0.2) is 0 Å². The average Bonchev–Trinajstić information content (AvgIpc) is 3.24. The van der Waals surface area contributed by atoms with Gasteiger partial charge in [-0.05, 0) is 30.5 Å². The van der Waals surface area contributed by atoms with Crippen LogP contribution in [-0.4, -0.2) is 10.9 Å². The van der Waals surface area contributed by atoms with Crippen molar-refractivity contribution in [3.63, 3.8) is 0 Å². The number of aromatic nitrogens is 1. The minimum Gasteiger partial charge on any atom is -0.486 e. The van der Waals surface area contributed by atoms with Crippen LogP contribution >= 0.6 is 22.7 Å². The van der Waals surface area contributed by atoms with E-state index in [-0.39, 0.29) is 5.91 Å². The Hall–Kier alpha value is -2.18. The Kier molecular flexibility index (Phi) is 5.61. The molecular formula is C18H18N2O2S2. The molecule has 0 atom stereocenters. The highest BCUT2D eigenvalue weighted by molar-refractivity contribution is 7.10. The predicted molar refractivity (Wildman–Crippen MR) is 97.5 cm³/mol. The van der Waals surface area contributed by atoms with Crippen LogP contribution in [0.1, 0.15) is 21.1 Å². The van der Waals surface area contributed by atoms with Crippen LogP contribution in [0, 0.1) is 6.92 Å². The lowest BCUT2D eigenvalue weighted by molar-refractivity contribution is -0.120. The maximum Gasteiger partial charge on any atom is 0.226 e. The monoisotopic (exact) mass is 358 g/mol. The Bertz CT molecular complexity index is 780. The fourth-order valence-electron chi connectivity index (χ4n) is 2.10. The van der Waals surface area contributed by atoms with Crippen LogP contribution < -0.4 is 10.1 Å². The van der Waals surface area contributed by atoms with Gasteiger partial charge < -0.3 is 10.1 Å². The number of ether oxygens (including phenoxy) is 1. The van der Waals surface area contributed by atoms with Crippen LogP contribution in [0.3, 0.4) is 0 Å². The summed E-state index contributed by atoms with van der Waals surface area (Å²) < 4.78 is 5.71. The third-order valence-corrected chi connectivity index (χ3v) is 5.11. The highest BCUT2D eigenvalue weighted by atomic mass is 32.1. The Labute approximate surface area is 149 Å². The van der Waals surface area contributed by atoms with Crippen molar-refractivity contribution in [2.45, 2.75) is 26.5 Å². The number of carbonyl (C=O) groups excluding carboxylic acids is 1. The molecule has 0 aliphatic rings. The lowest BCUT2D eigenvalue weighted by atomic mass is 10.2. The third kappa shape index (κ3) is 4.91. The van der Waals surface area contributed by atoms with Crippen LogP contribution in [0.5, 0.6) is 5.75 Å². The molecule has 0 saturated heterocycles. The minimum atomic E-state index is -0.0142. The number of thiophene rings is 1. The number of thiazole rings is 1. The van der Waals surface area contributed by atoms with Gasteiger partial charge in [-0.1, -0.05) is 23.8 Å². The second-order valence-electron chi connectivity index (χ2n) is 5.37. The summed E-state index contributed by atoms with van der Waals surface area (Å²) in [7, 11) is 0. The summed E-state index contributed by atoms with van der Waals surface area (Å²) in [6, 6.07) is 11.9. The summed E-state index contributed by atoms with van der Waals surface area (Å²) >= 11 is 3.15. The van der Waals surface area contributed by atoms with Gasteiger partial charge in [-0.25, -0.2) is 4.98 Å². The Morgan fingerprint density at radius 3 is 2.79 bits per heavy atom. The maximum atomic E-state index is 12.0. The van der Waals surface area contributed by atoms with Gasteiger partial charge >= 0.3 is 0 Å². The van der Waals surface area contributed by atoms with E-state index in [1.807, 2.05) is 54.1 Å². The molecule has 4 nitrogen and oxygen atoms in total. The van der Waals surface area contributed by atoms with E-state index in [2.05, 4.69) is 10.3 Å². The van der Waals surface area contributed by atoms with E-state index in [1.54, 1.807) is 11.3 Å². The molecule has 2 aromatic heterocycles. The summed E-state index contributed by atoms with van der Waals surface area (Å²) in [6.07, 6.45) is 0.298. The number of benzene rings is 1. The second kappa shape index (κ2) is 8.08. The van der Waals surface area contributed by atoms with Gasteiger partial charge in [0.1, 0.15) is 17.4 Å². The van der Waals surface area contributed by atoms with Crippen LogP contribution in [0.2, 0.25) is 0 Å². The van der Waals surface area contributed by atoms with Gasteiger partial charge in [0.25, 0.3) is 0 Å². The maximum absolute atomic E-state index is 12.0. The van der Waals surface area contributed by atoms with Crippen LogP contribution in [0.15, 0.2) is 47.2 Å². The van der Waals surface area contributed by atoms with E-state index in [0.29, 0.717) is 19.6 Å². The fourth-order valence-corrected chi connectivity index (χ4v) is 3.45. The molecule has 2 heterocycles. The minimum absolute atomic E-state index is 0.0142. The number of nitrogens with zero attached hydrogens (tertiary/aromatic N) is 1. The summed E-state index contributed by atoms with van der Waals surface area (Å²) in [5, 5.41) is 7.70. The summed E-state index contributed by atoms with van der Waals surface area (Å²) in [5.74, 6) is 0.811. The first-order valence-electron chi connectivity index (χ1n) is 7.61. The number of hydrogen-bond acceptors (Lipinski definition) is 5. The standard InChI is InChI=1S/C18H18N2O2S2/c1-13-4-6-15(7-5-13)22-11-18-20-14(12-24-18)9-17(21)19-10-16-3-2-8-23-16/h2-8,12H,9-11H2,1H3,(H,19,21). The third-order valence-electron chi connectivity index (χ3n) is 3.36. The van der Waals surface area contributed by atoms with E-state index in [4.69, 9.17) is 4.74 Å². The number of carbonyl (C=O) groups is 1. The second-order valence-corrected chi connectivity index (χ2v) is 7.34. The Morgan fingerprint density at radius 1 is 1.21 bits per heavy atom. The smallest absolute Gasteiger partial charge is 0.226 e. The Balaban J connectivity index is 1.46. The topological polar surface area (TPSA) is 51.2 Å². The van der Waals surface area contributed by atoms with Gasteiger partial charge in [-0.2, -0.15) is 0 Å². The molecule has 1 N–H and O–H groups in total. The van der Waals surface area contributed by atoms with Crippen LogP contribution in [-0.2, 0) is 24.4 Å². The summed E-state index contributed by atoms with van der Waals surface area (Å²) in [4.78, 5) is 17.6. The number of aryl methyl sites for hydroxylation is 1. The van der Waals surface area contributed by atoms with E-state index in [9.17, 15) is 4.79 Å². The molecule has 0 radical (unpaired) electrons. The highest BCUT2D eigenvalue weighted by Crippen LogP contribution is 2.16. The van der Waals surface area contributed by atoms with E-state index in [0.717, 1.165) is 21.3 Å². The molecule has 3 rings (SSSR count). The SMILES string of the molecule is Cc1ccc(OCc2nc(CC(=O)NCc3cccs3)cs2)cc1. The molecule has 0 aliphatic carbocycles. The molecule has 0 saturated carbocycles. The summed E-state index contributed by atoms with van der Waals surface area (Å²) in [6.45, 7) is 3.04. The van der Waals surface area contributed by atoms with Crippen molar-refractivity contribution in [3.8, 4) is 5.75 Å². The highest BCUT2D eigenvalue weighted by Gasteiger charge is 2.08. The zero-order valence-corrected chi connectivity index (χ0v) is 15.0. The van der Waals surface area contributed by atoms with Crippen LogP contribution in [0.25, 0.3) is 0 Å².